The van der Waals surface area contributed by atoms with Crippen molar-refractivity contribution in [1.82, 2.24) is 0 Å². The maximum Gasteiger partial charge on any atom is 0.389 e. The Morgan fingerprint density at radius 1 is 0.805 bits per heavy atom. The summed E-state index contributed by atoms with van der Waals surface area (Å²) in [5, 5.41) is 7.06. The topological polar surface area (TPSA) is 92.7 Å². The standard InChI is InChI=1S/C30H30F3NO7/c1-21(20-34-36)29(35)40-41-39-28-18-24(17-27(19-28)38-37-2)7-6-23-10-14-26(15-11-23)25-12-8-22(9-13-25)5-3-4-16-30(31,32)33/h8-15,17-19H,1,3-7,16,20H2,2H3. The highest BCUT2D eigenvalue weighted by atomic mass is 19.4. The fourth-order valence-corrected chi connectivity index (χ4v) is 3.93. The fourth-order valence-electron chi connectivity index (χ4n) is 3.93. The second kappa shape index (κ2) is 15.5. The van der Waals surface area contributed by atoms with E-state index in [0.717, 1.165) is 27.8 Å². The molecule has 3 rings (SSSR count). The van der Waals surface area contributed by atoms with Crippen molar-refractivity contribution in [3.8, 4) is 22.6 Å². The molecule has 3 aromatic rings. The van der Waals surface area contributed by atoms with Crippen LogP contribution in [0.5, 0.6) is 11.5 Å². The Morgan fingerprint density at radius 3 is 1.93 bits per heavy atom. The largest absolute Gasteiger partial charge is 0.389 e. The van der Waals surface area contributed by atoms with Gasteiger partial charge in [-0.2, -0.15) is 23.0 Å². The van der Waals surface area contributed by atoms with E-state index in [0.29, 0.717) is 31.4 Å². The van der Waals surface area contributed by atoms with Crippen LogP contribution >= 0.6 is 0 Å². The molecule has 0 atom stereocenters. The molecular weight excluding hydrogens is 543 g/mol. The lowest BCUT2D eigenvalue weighted by Gasteiger charge is -2.10. The number of carbonyl (C=O) groups is 1. The Bertz CT molecular complexity index is 1290. The molecule has 41 heavy (non-hydrogen) atoms. The SMILES string of the molecule is C=C(CN=O)C(=O)OOOc1cc(CCc2ccc(-c3ccc(CCCCC(F)(F)F)cc3)cc2)cc(OOC)c1. The molecule has 3 aromatic carbocycles. The number of nitrogens with zero attached hydrogens (tertiary/aromatic N) is 1. The van der Waals surface area contributed by atoms with Crippen LogP contribution in [-0.4, -0.2) is 25.8 Å². The van der Waals surface area contributed by atoms with Crippen molar-refractivity contribution in [3.63, 3.8) is 0 Å². The summed E-state index contributed by atoms with van der Waals surface area (Å²) in [4.78, 5) is 41.1. The Balaban J connectivity index is 1.54. The number of nitroso groups, excluding NO2 is 1. The predicted molar refractivity (Wildman–Crippen MR) is 145 cm³/mol. The van der Waals surface area contributed by atoms with Gasteiger partial charge in [0.2, 0.25) is 0 Å². The monoisotopic (exact) mass is 573 g/mol. The molecule has 0 aliphatic heterocycles. The molecule has 0 fully saturated rings. The van der Waals surface area contributed by atoms with Crippen LogP contribution in [-0.2, 0) is 38.9 Å². The number of hydrogen-bond donors (Lipinski definition) is 0. The van der Waals surface area contributed by atoms with Crippen LogP contribution in [0.3, 0.4) is 0 Å². The van der Waals surface area contributed by atoms with Crippen LogP contribution in [0, 0.1) is 4.91 Å². The summed E-state index contributed by atoms with van der Waals surface area (Å²) in [6.45, 7) is 2.91. The zero-order valence-electron chi connectivity index (χ0n) is 22.4. The van der Waals surface area contributed by atoms with Gasteiger partial charge in [0.05, 0.1) is 12.7 Å². The van der Waals surface area contributed by atoms with Crippen molar-refractivity contribution in [2.24, 2.45) is 5.18 Å². The van der Waals surface area contributed by atoms with Gasteiger partial charge in [-0.3, -0.25) is 9.78 Å². The van der Waals surface area contributed by atoms with Gasteiger partial charge >= 0.3 is 12.1 Å². The maximum atomic E-state index is 12.3. The molecule has 0 bridgehead atoms. The lowest BCUT2D eigenvalue weighted by Crippen LogP contribution is -2.11. The molecule has 0 amide bonds. The number of alkyl halides is 3. The van der Waals surface area contributed by atoms with Crippen LogP contribution in [0.25, 0.3) is 11.1 Å². The molecule has 0 unspecified atom stereocenters. The molecule has 0 aromatic heterocycles. The zero-order chi connectivity index (χ0) is 29.7. The first-order valence-corrected chi connectivity index (χ1v) is 12.8. The van der Waals surface area contributed by atoms with Crippen molar-refractivity contribution in [2.75, 3.05) is 13.7 Å². The van der Waals surface area contributed by atoms with E-state index in [1.54, 1.807) is 12.1 Å². The minimum atomic E-state index is -4.10. The second-order valence-electron chi connectivity index (χ2n) is 9.19. The normalized spacial score (nSPS) is 11.1. The quantitative estimate of drug-likeness (QED) is 0.0578. The summed E-state index contributed by atoms with van der Waals surface area (Å²) < 4.78 is 36.9. The molecule has 0 heterocycles. The lowest BCUT2D eigenvalue weighted by atomic mass is 9.98. The Hall–Kier alpha value is -4.22. The highest BCUT2D eigenvalue weighted by Crippen LogP contribution is 2.26. The Morgan fingerprint density at radius 2 is 1.37 bits per heavy atom. The summed E-state index contributed by atoms with van der Waals surface area (Å²) in [5.74, 6) is -0.474. The molecule has 8 nitrogen and oxygen atoms in total. The molecule has 0 saturated carbocycles. The number of aryl methyl sites for hydroxylation is 3. The minimum absolute atomic E-state index is 0.131. The molecule has 0 aliphatic carbocycles. The fraction of sp³-hybridized carbons (Fsp3) is 0.300. The van der Waals surface area contributed by atoms with Gasteiger partial charge in [-0.1, -0.05) is 60.3 Å². The zero-order valence-corrected chi connectivity index (χ0v) is 22.4. The van der Waals surface area contributed by atoms with Crippen molar-refractivity contribution < 1.29 is 42.6 Å². The van der Waals surface area contributed by atoms with Crippen LogP contribution in [0.2, 0.25) is 0 Å². The average Bonchev–Trinajstić information content (AvgIpc) is 2.94. The molecule has 0 spiro atoms. The Kier molecular flexibility index (Phi) is 11.9. The van der Waals surface area contributed by atoms with Gasteiger partial charge in [-0.05, 0) is 72.1 Å². The molecule has 11 heteroatoms. The number of benzene rings is 3. The van der Waals surface area contributed by atoms with Crippen molar-refractivity contribution in [2.45, 2.75) is 44.7 Å². The van der Waals surface area contributed by atoms with E-state index in [4.69, 9.17) is 14.7 Å². The molecule has 0 radical (unpaired) electrons. The van der Waals surface area contributed by atoms with Crippen LogP contribution in [0.4, 0.5) is 13.2 Å². The molecule has 0 saturated heterocycles. The van der Waals surface area contributed by atoms with E-state index >= 15 is 0 Å². The van der Waals surface area contributed by atoms with Crippen molar-refractivity contribution in [3.05, 3.63) is 100 Å². The molecule has 218 valence electrons. The van der Waals surface area contributed by atoms with Gasteiger partial charge in [0.15, 0.2) is 11.5 Å². The third-order valence-electron chi connectivity index (χ3n) is 6.02. The van der Waals surface area contributed by atoms with Gasteiger partial charge in [0.25, 0.3) is 0 Å². The van der Waals surface area contributed by atoms with E-state index in [9.17, 15) is 22.9 Å². The van der Waals surface area contributed by atoms with Crippen LogP contribution in [0.15, 0.2) is 84.1 Å². The van der Waals surface area contributed by atoms with Crippen LogP contribution in [0.1, 0.15) is 36.0 Å². The van der Waals surface area contributed by atoms with E-state index in [-0.39, 0.29) is 17.7 Å². The van der Waals surface area contributed by atoms with Gasteiger partial charge in [-0.15, -0.1) is 0 Å². The summed E-state index contributed by atoms with van der Waals surface area (Å²) in [6.07, 6.45) is -2.29. The smallest absolute Gasteiger partial charge is 0.338 e. The molecule has 0 N–H and O–H groups in total. The van der Waals surface area contributed by atoms with E-state index in [2.05, 4.69) is 21.7 Å². The number of halogens is 3. The Labute approximate surface area is 235 Å². The molecule has 0 aliphatic rings. The first-order chi connectivity index (χ1) is 19.7. The van der Waals surface area contributed by atoms with E-state index < -0.39 is 25.1 Å². The third-order valence-corrected chi connectivity index (χ3v) is 6.02. The van der Waals surface area contributed by atoms with Crippen LogP contribution < -0.4 is 9.78 Å². The van der Waals surface area contributed by atoms with Crippen molar-refractivity contribution in [1.29, 1.82) is 0 Å². The van der Waals surface area contributed by atoms with E-state index in [1.165, 1.54) is 13.2 Å². The molecular formula is C30H30F3NO7. The summed E-state index contributed by atoms with van der Waals surface area (Å²) in [5.41, 5.74) is 4.79. The van der Waals surface area contributed by atoms with Gasteiger partial charge in [-0.25, -0.2) is 4.79 Å². The first-order valence-electron chi connectivity index (χ1n) is 12.8. The third kappa shape index (κ3) is 11.1. The lowest BCUT2D eigenvalue weighted by molar-refractivity contribution is -0.435. The maximum absolute atomic E-state index is 12.3. The van der Waals surface area contributed by atoms with Gasteiger partial charge in [0, 0.05) is 17.5 Å². The van der Waals surface area contributed by atoms with Gasteiger partial charge < -0.3 is 4.89 Å². The number of unbranched alkanes of at least 4 members (excludes halogenated alkanes) is 1. The predicted octanol–water partition coefficient (Wildman–Crippen LogP) is 7.45. The highest BCUT2D eigenvalue weighted by Gasteiger charge is 2.25. The number of hydrogen-bond acceptors (Lipinski definition) is 8. The van der Waals surface area contributed by atoms with Gasteiger partial charge in [0.1, 0.15) is 6.54 Å². The number of carbonyl (C=O) groups excluding carboxylic acids is 1. The summed E-state index contributed by atoms with van der Waals surface area (Å²) in [6, 6.07) is 20.8. The van der Waals surface area contributed by atoms with Crippen molar-refractivity contribution >= 4 is 5.97 Å². The summed E-state index contributed by atoms with van der Waals surface area (Å²) >= 11 is 0. The first kappa shape index (κ1) is 31.3. The van der Waals surface area contributed by atoms with E-state index in [1.807, 2.05) is 48.5 Å². The summed E-state index contributed by atoms with van der Waals surface area (Å²) in [7, 11) is 1.35. The minimum Gasteiger partial charge on any atom is -0.338 e. The highest BCUT2D eigenvalue weighted by molar-refractivity contribution is 5.87. The average molecular weight is 574 g/mol. The number of rotatable bonds is 16. The second-order valence-corrected chi connectivity index (χ2v) is 9.19.